The molecule has 1 unspecified atom stereocenters. The second-order valence-corrected chi connectivity index (χ2v) is 6.78. The summed E-state index contributed by atoms with van der Waals surface area (Å²) >= 11 is 0. The number of halogens is 1. The number of aromatic nitrogens is 4. The summed E-state index contributed by atoms with van der Waals surface area (Å²) in [4.78, 5) is 12.2. The van der Waals surface area contributed by atoms with Gasteiger partial charge in [-0.3, -0.25) is 4.57 Å². The van der Waals surface area contributed by atoms with Gasteiger partial charge >= 0.3 is 6.08 Å². The number of anilines is 1. The van der Waals surface area contributed by atoms with E-state index in [-0.39, 0.29) is 12.0 Å². The van der Waals surface area contributed by atoms with Crippen molar-refractivity contribution >= 4 is 17.0 Å². The molecule has 3 aromatic rings. The Morgan fingerprint density at radius 2 is 2.19 bits per heavy atom. The van der Waals surface area contributed by atoms with Crippen molar-refractivity contribution in [2.75, 3.05) is 11.9 Å². The van der Waals surface area contributed by atoms with Crippen molar-refractivity contribution in [3.05, 3.63) is 41.7 Å². The van der Waals surface area contributed by atoms with Crippen molar-refractivity contribution in [3.63, 3.8) is 0 Å². The molecule has 142 valence electrons. The predicted molar refractivity (Wildman–Crippen MR) is 98.9 cm³/mol. The maximum atomic E-state index is 14.1. The SMILES string of the molecule is Cc1cccc(CNc2nc(F)nc3c2ncn3C2CCCCCO2)c1O. The van der Waals surface area contributed by atoms with Crippen LogP contribution in [0.4, 0.5) is 10.2 Å². The molecule has 0 bridgehead atoms. The molecule has 3 heterocycles. The molecule has 4 rings (SSSR count). The number of imidazole rings is 1. The third-order valence-corrected chi connectivity index (χ3v) is 4.88. The van der Waals surface area contributed by atoms with Gasteiger partial charge in [0.15, 0.2) is 17.0 Å². The highest BCUT2D eigenvalue weighted by Crippen LogP contribution is 2.28. The fourth-order valence-electron chi connectivity index (χ4n) is 3.39. The van der Waals surface area contributed by atoms with Gasteiger partial charge in [-0.15, -0.1) is 0 Å². The summed E-state index contributed by atoms with van der Waals surface area (Å²) < 4.78 is 21.7. The molecule has 1 aromatic carbocycles. The number of rotatable bonds is 4. The Labute approximate surface area is 156 Å². The average molecular weight is 371 g/mol. The number of aryl methyl sites for hydroxylation is 1. The fraction of sp³-hybridized carbons (Fsp3) is 0.421. The van der Waals surface area contributed by atoms with Crippen LogP contribution < -0.4 is 5.32 Å². The molecule has 0 spiro atoms. The number of nitrogens with one attached hydrogen (secondary N) is 1. The second-order valence-electron chi connectivity index (χ2n) is 6.78. The lowest BCUT2D eigenvalue weighted by Crippen LogP contribution is -2.12. The minimum atomic E-state index is -0.825. The highest BCUT2D eigenvalue weighted by atomic mass is 19.1. The van der Waals surface area contributed by atoms with Crippen LogP contribution in [0.1, 0.15) is 43.0 Å². The molecule has 1 atom stereocenters. The summed E-state index contributed by atoms with van der Waals surface area (Å²) in [6.45, 7) is 2.80. The van der Waals surface area contributed by atoms with Crippen LogP contribution in [0.25, 0.3) is 11.2 Å². The normalized spacial score (nSPS) is 17.8. The lowest BCUT2D eigenvalue weighted by atomic mass is 10.1. The third kappa shape index (κ3) is 3.57. The highest BCUT2D eigenvalue weighted by molar-refractivity contribution is 5.82. The number of hydrogen-bond donors (Lipinski definition) is 2. The summed E-state index contributed by atoms with van der Waals surface area (Å²) in [5, 5.41) is 13.2. The smallest absolute Gasteiger partial charge is 0.312 e. The summed E-state index contributed by atoms with van der Waals surface area (Å²) in [5.41, 5.74) is 2.37. The Morgan fingerprint density at radius 1 is 1.30 bits per heavy atom. The summed E-state index contributed by atoms with van der Waals surface area (Å²) in [7, 11) is 0. The Morgan fingerprint density at radius 3 is 3.07 bits per heavy atom. The number of hydrogen-bond acceptors (Lipinski definition) is 6. The molecule has 2 N–H and O–H groups in total. The molecule has 1 aliphatic heterocycles. The third-order valence-electron chi connectivity index (χ3n) is 4.88. The van der Waals surface area contributed by atoms with E-state index < -0.39 is 6.08 Å². The largest absolute Gasteiger partial charge is 0.507 e. The van der Waals surface area contributed by atoms with E-state index in [1.165, 1.54) is 0 Å². The zero-order valence-corrected chi connectivity index (χ0v) is 15.2. The Kier molecular flexibility index (Phi) is 4.89. The van der Waals surface area contributed by atoms with Gasteiger partial charge in [0.1, 0.15) is 12.0 Å². The molecule has 0 saturated carbocycles. The van der Waals surface area contributed by atoms with Crippen LogP contribution in [0.15, 0.2) is 24.5 Å². The first-order chi connectivity index (χ1) is 13.1. The Balaban J connectivity index is 1.64. The van der Waals surface area contributed by atoms with E-state index in [2.05, 4.69) is 20.3 Å². The molecule has 2 aromatic heterocycles. The van der Waals surface area contributed by atoms with Gasteiger partial charge in [-0.1, -0.05) is 24.6 Å². The number of para-hydroxylation sites is 1. The monoisotopic (exact) mass is 371 g/mol. The average Bonchev–Trinajstić information content (AvgIpc) is 2.89. The number of phenols is 1. The quantitative estimate of drug-likeness (QED) is 0.681. The van der Waals surface area contributed by atoms with Gasteiger partial charge in [0.05, 0.1) is 6.33 Å². The van der Waals surface area contributed by atoms with Crippen LogP contribution in [0.3, 0.4) is 0 Å². The Bertz CT molecular complexity index is 951. The predicted octanol–water partition coefficient (Wildman–Crippen LogP) is 3.68. The van der Waals surface area contributed by atoms with Crippen LogP contribution in [-0.4, -0.2) is 31.2 Å². The van der Waals surface area contributed by atoms with Gasteiger partial charge in [-0.05, 0) is 31.7 Å². The number of nitrogens with zero attached hydrogens (tertiary/aromatic N) is 4. The maximum absolute atomic E-state index is 14.1. The van der Waals surface area contributed by atoms with E-state index in [0.717, 1.165) is 31.2 Å². The highest BCUT2D eigenvalue weighted by Gasteiger charge is 2.20. The standard InChI is InChI=1S/C19H22FN5O2/c1-12-6-5-7-13(16(12)26)10-21-17-15-18(24-19(20)23-17)25(11-22-15)14-8-3-2-4-9-27-14/h5-7,11,14,26H,2-4,8-10H2,1H3,(H,21,23,24). The number of benzene rings is 1. The first kappa shape index (κ1) is 17.7. The molecule has 27 heavy (non-hydrogen) atoms. The molecule has 1 saturated heterocycles. The number of ether oxygens (including phenoxy) is 1. The molecule has 0 amide bonds. The minimum Gasteiger partial charge on any atom is -0.507 e. The van der Waals surface area contributed by atoms with Gasteiger partial charge in [0, 0.05) is 18.7 Å². The molecule has 0 aliphatic carbocycles. The van der Waals surface area contributed by atoms with Crippen molar-refractivity contribution in [3.8, 4) is 5.75 Å². The van der Waals surface area contributed by atoms with E-state index in [1.807, 2.05) is 25.1 Å². The summed E-state index contributed by atoms with van der Waals surface area (Å²) in [6, 6.07) is 5.50. The van der Waals surface area contributed by atoms with Crippen molar-refractivity contribution in [1.82, 2.24) is 19.5 Å². The van der Waals surface area contributed by atoms with Crippen LogP contribution >= 0.6 is 0 Å². The summed E-state index contributed by atoms with van der Waals surface area (Å²) in [5.74, 6) is 0.513. The van der Waals surface area contributed by atoms with Gasteiger partial charge < -0.3 is 15.2 Å². The van der Waals surface area contributed by atoms with Gasteiger partial charge in [0.2, 0.25) is 0 Å². The van der Waals surface area contributed by atoms with Crippen molar-refractivity contribution in [2.45, 2.75) is 45.4 Å². The maximum Gasteiger partial charge on any atom is 0.312 e. The number of phenolic OH excluding ortho intramolecular Hbond substituents is 1. The summed E-state index contributed by atoms with van der Waals surface area (Å²) in [6.07, 6.45) is 4.66. The van der Waals surface area contributed by atoms with Gasteiger partial charge in [0.25, 0.3) is 0 Å². The topological polar surface area (TPSA) is 85.1 Å². The molecule has 0 radical (unpaired) electrons. The van der Waals surface area contributed by atoms with Crippen LogP contribution in [0.5, 0.6) is 5.75 Å². The second kappa shape index (κ2) is 7.48. The van der Waals surface area contributed by atoms with Crippen LogP contribution in [0, 0.1) is 13.0 Å². The lowest BCUT2D eigenvalue weighted by molar-refractivity contribution is 0.00928. The molecule has 1 aliphatic rings. The van der Waals surface area contributed by atoms with E-state index in [1.54, 1.807) is 10.9 Å². The molecular weight excluding hydrogens is 349 g/mol. The molecule has 1 fully saturated rings. The number of aromatic hydroxyl groups is 1. The zero-order valence-electron chi connectivity index (χ0n) is 15.2. The zero-order chi connectivity index (χ0) is 18.8. The number of fused-ring (bicyclic) bond motifs is 1. The van der Waals surface area contributed by atoms with E-state index in [0.29, 0.717) is 35.7 Å². The van der Waals surface area contributed by atoms with E-state index in [9.17, 15) is 9.50 Å². The van der Waals surface area contributed by atoms with E-state index >= 15 is 0 Å². The van der Waals surface area contributed by atoms with Gasteiger partial charge in [-0.25, -0.2) is 4.98 Å². The lowest BCUT2D eigenvalue weighted by Gasteiger charge is -2.17. The van der Waals surface area contributed by atoms with Crippen molar-refractivity contribution in [2.24, 2.45) is 0 Å². The van der Waals surface area contributed by atoms with Crippen LogP contribution in [-0.2, 0) is 11.3 Å². The fourth-order valence-corrected chi connectivity index (χ4v) is 3.39. The Hall–Kier alpha value is -2.74. The first-order valence-electron chi connectivity index (χ1n) is 9.16. The first-order valence-corrected chi connectivity index (χ1v) is 9.16. The minimum absolute atomic E-state index is 0.194. The van der Waals surface area contributed by atoms with Crippen LogP contribution in [0.2, 0.25) is 0 Å². The van der Waals surface area contributed by atoms with Gasteiger partial charge in [-0.2, -0.15) is 14.4 Å². The molecule has 8 heteroatoms. The van der Waals surface area contributed by atoms with Crippen molar-refractivity contribution in [1.29, 1.82) is 0 Å². The van der Waals surface area contributed by atoms with Crippen molar-refractivity contribution < 1.29 is 14.2 Å². The molecule has 7 nitrogen and oxygen atoms in total. The van der Waals surface area contributed by atoms with E-state index in [4.69, 9.17) is 4.74 Å². The molecular formula is C19H22FN5O2.